The van der Waals surface area contributed by atoms with Crippen LogP contribution in [0.3, 0.4) is 0 Å². The zero-order valence-electron chi connectivity index (χ0n) is 15.9. The van der Waals surface area contributed by atoms with E-state index in [0.29, 0.717) is 17.8 Å². The molecule has 3 aromatic rings. The van der Waals surface area contributed by atoms with Crippen molar-refractivity contribution in [2.45, 2.75) is 32.9 Å². The monoisotopic (exact) mass is 382 g/mol. The molecule has 1 aromatic heterocycles. The minimum absolute atomic E-state index is 0.00472. The Balaban J connectivity index is 1.61. The topological polar surface area (TPSA) is 80.0 Å². The molecule has 0 fully saturated rings. The molecule has 2 N–H and O–H groups in total. The summed E-state index contributed by atoms with van der Waals surface area (Å²) in [6.45, 7) is 4.41. The molecule has 0 bridgehead atoms. The second-order valence-electron chi connectivity index (χ2n) is 6.63. The number of carbonyl (C=O) groups is 1. The van der Waals surface area contributed by atoms with Crippen LogP contribution < -0.4 is 5.32 Å². The number of aromatic nitrogens is 3. The highest BCUT2D eigenvalue weighted by atomic mass is 19.1. The minimum Gasteiger partial charge on any atom is -0.387 e. The Bertz CT molecular complexity index is 936. The van der Waals surface area contributed by atoms with Gasteiger partial charge in [-0.25, -0.2) is 9.07 Å². The van der Waals surface area contributed by atoms with Gasteiger partial charge in [0.25, 0.3) is 5.91 Å². The molecule has 0 aliphatic rings. The van der Waals surface area contributed by atoms with Gasteiger partial charge in [0, 0.05) is 6.54 Å². The van der Waals surface area contributed by atoms with Gasteiger partial charge in [-0.1, -0.05) is 48.5 Å². The molecular weight excluding hydrogens is 359 g/mol. The lowest BCUT2D eigenvalue weighted by molar-refractivity contribution is 0.0910. The average molecular weight is 382 g/mol. The van der Waals surface area contributed by atoms with Crippen LogP contribution in [-0.4, -0.2) is 32.6 Å². The number of benzene rings is 2. The molecule has 0 saturated heterocycles. The van der Waals surface area contributed by atoms with Crippen molar-refractivity contribution in [1.29, 1.82) is 0 Å². The summed E-state index contributed by atoms with van der Waals surface area (Å²) >= 11 is 0. The normalized spacial score (nSPS) is 12.0. The minimum atomic E-state index is -0.933. The summed E-state index contributed by atoms with van der Waals surface area (Å²) in [5.41, 5.74) is 3.73. The molecule has 7 heteroatoms. The maximum Gasteiger partial charge on any atom is 0.273 e. The summed E-state index contributed by atoms with van der Waals surface area (Å²) in [6.07, 6.45) is 0.0495. The first kappa shape index (κ1) is 19.7. The number of hydrogen-bond acceptors (Lipinski definition) is 4. The summed E-state index contributed by atoms with van der Waals surface area (Å²) in [5.74, 6) is -0.789. The van der Waals surface area contributed by atoms with E-state index < -0.39 is 12.0 Å². The van der Waals surface area contributed by atoms with Crippen LogP contribution in [0.15, 0.2) is 48.5 Å². The number of carbonyl (C=O) groups excluding carboxylic acids is 1. The Kier molecular flexibility index (Phi) is 6.16. The number of halogens is 1. The van der Waals surface area contributed by atoms with Gasteiger partial charge in [-0.15, -0.1) is 5.10 Å². The van der Waals surface area contributed by atoms with Crippen LogP contribution in [-0.2, 0) is 13.0 Å². The number of hydrogen-bond donors (Lipinski definition) is 2. The second-order valence-corrected chi connectivity index (χ2v) is 6.63. The molecule has 6 nitrogen and oxygen atoms in total. The Morgan fingerprint density at radius 1 is 1.14 bits per heavy atom. The first-order valence-electron chi connectivity index (χ1n) is 9.17. The van der Waals surface area contributed by atoms with Gasteiger partial charge >= 0.3 is 0 Å². The number of rotatable bonds is 7. The van der Waals surface area contributed by atoms with Crippen LogP contribution in [0.1, 0.15) is 45.9 Å². The summed E-state index contributed by atoms with van der Waals surface area (Å²) in [7, 11) is 0. The third-order valence-electron chi connectivity index (χ3n) is 4.67. The lowest BCUT2D eigenvalue weighted by Gasteiger charge is -2.12. The fourth-order valence-electron chi connectivity index (χ4n) is 2.85. The van der Waals surface area contributed by atoms with Gasteiger partial charge in [0.2, 0.25) is 0 Å². The number of amides is 1. The molecule has 1 atom stereocenters. The van der Waals surface area contributed by atoms with Gasteiger partial charge in [0.1, 0.15) is 5.82 Å². The van der Waals surface area contributed by atoms with Crippen LogP contribution in [0.2, 0.25) is 0 Å². The van der Waals surface area contributed by atoms with E-state index in [4.69, 9.17) is 0 Å². The van der Waals surface area contributed by atoms with E-state index in [-0.39, 0.29) is 18.1 Å². The van der Waals surface area contributed by atoms with Gasteiger partial charge in [0.05, 0.1) is 18.3 Å². The van der Waals surface area contributed by atoms with E-state index in [1.54, 1.807) is 11.6 Å². The maximum absolute atomic E-state index is 13.0. The van der Waals surface area contributed by atoms with Gasteiger partial charge in [-0.3, -0.25) is 4.79 Å². The Labute approximate surface area is 163 Å². The highest BCUT2D eigenvalue weighted by Gasteiger charge is 2.18. The summed E-state index contributed by atoms with van der Waals surface area (Å²) in [5, 5.41) is 20.8. The molecule has 0 aliphatic heterocycles. The Morgan fingerprint density at radius 2 is 1.79 bits per heavy atom. The molecule has 2 aromatic carbocycles. The predicted octanol–water partition coefficient (Wildman–Crippen LogP) is 2.80. The van der Waals surface area contributed by atoms with Crippen molar-refractivity contribution in [3.63, 3.8) is 0 Å². The van der Waals surface area contributed by atoms with Crippen molar-refractivity contribution in [2.75, 3.05) is 6.54 Å². The number of aryl methyl sites for hydroxylation is 1. The molecule has 146 valence electrons. The molecule has 3 rings (SSSR count). The van der Waals surface area contributed by atoms with Crippen molar-refractivity contribution in [3.05, 3.63) is 82.4 Å². The van der Waals surface area contributed by atoms with Gasteiger partial charge in [0.15, 0.2) is 5.69 Å². The first-order valence-corrected chi connectivity index (χ1v) is 9.17. The van der Waals surface area contributed by atoms with Crippen LogP contribution in [0.4, 0.5) is 4.39 Å². The summed E-state index contributed by atoms with van der Waals surface area (Å²) in [6, 6.07) is 13.7. The molecule has 0 unspecified atom stereocenters. The van der Waals surface area contributed by atoms with E-state index in [1.807, 2.05) is 12.1 Å². The van der Waals surface area contributed by atoms with Crippen molar-refractivity contribution in [1.82, 2.24) is 20.3 Å². The summed E-state index contributed by atoms with van der Waals surface area (Å²) < 4.78 is 14.6. The van der Waals surface area contributed by atoms with Gasteiger partial charge < -0.3 is 10.4 Å². The van der Waals surface area contributed by atoms with E-state index in [1.165, 1.54) is 29.8 Å². The maximum atomic E-state index is 13.0. The standard InChI is InChI=1S/C21H23FN4O2/c1-3-15-4-6-16(7-5-15)13-26-14(2)20(24-25-26)21(28)23-12-19(27)17-8-10-18(22)11-9-17/h4-11,19,27H,3,12-13H2,1-2H3,(H,23,28)/t19-/m1/s1. The highest BCUT2D eigenvalue weighted by molar-refractivity contribution is 5.93. The number of aliphatic hydroxyl groups is 1. The van der Waals surface area contributed by atoms with E-state index in [0.717, 1.165) is 12.0 Å². The third kappa shape index (κ3) is 4.61. The van der Waals surface area contributed by atoms with E-state index in [9.17, 15) is 14.3 Å². The van der Waals surface area contributed by atoms with Crippen molar-refractivity contribution >= 4 is 5.91 Å². The van der Waals surface area contributed by atoms with E-state index in [2.05, 4.69) is 34.7 Å². The largest absolute Gasteiger partial charge is 0.387 e. The smallest absolute Gasteiger partial charge is 0.273 e. The lowest BCUT2D eigenvalue weighted by Crippen LogP contribution is -2.29. The molecule has 28 heavy (non-hydrogen) atoms. The second kappa shape index (κ2) is 8.75. The van der Waals surface area contributed by atoms with Crippen LogP contribution in [0, 0.1) is 12.7 Å². The van der Waals surface area contributed by atoms with Crippen LogP contribution >= 0.6 is 0 Å². The highest BCUT2D eigenvalue weighted by Crippen LogP contribution is 2.13. The number of nitrogens with one attached hydrogen (secondary N) is 1. The third-order valence-corrected chi connectivity index (χ3v) is 4.67. The molecule has 0 spiro atoms. The molecular formula is C21H23FN4O2. The SMILES string of the molecule is CCc1ccc(Cn2nnc(C(=O)NC[C@@H](O)c3ccc(F)cc3)c2C)cc1. The fourth-order valence-corrected chi connectivity index (χ4v) is 2.85. The van der Waals surface area contributed by atoms with Gasteiger partial charge in [-0.05, 0) is 42.2 Å². The quantitative estimate of drug-likeness (QED) is 0.659. The van der Waals surface area contributed by atoms with Gasteiger partial charge in [-0.2, -0.15) is 0 Å². The lowest BCUT2D eigenvalue weighted by atomic mass is 10.1. The predicted molar refractivity (Wildman–Crippen MR) is 103 cm³/mol. The van der Waals surface area contributed by atoms with Crippen LogP contribution in [0.5, 0.6) is 0 Å². The van der Waals surface area contributed by atoms with E-state index >= 15 is 0 Å². The Morgan fingerprint density at radius 3 is 2.43 bits per heavy atom. The Hall–Kier alpha value is -3.06. The van der Waals surface area contributed by atoms with Crippen molar-refractivity contribution in [3.8, 4) is 0 Å². The molecule has 0 radical (unpaired) electrons. The van der Waals surface area contributed by atoms with Crippen molar-refractivity contribution < 1.29 is 14.3 Å². The summed E-state index contributed by atoms with van der Waals surface area (Å²) in [4.78, 5) is 12.4. The number of nitrogens with zero attached hydrogens (tertiary/aromatic N) is 3. The molecule has 0 aliphatic carbocycles. The number of aliphatic hydroxyl groups excluding tert-OH is 1. The average Bonchev–Trinajstić information content (AvgIpc) is 3.07. The zero-order chi connectivity index (χ0) is 20.1. The first-order chi connectivity index (χ1) is 13.5. The molecule has 1 amide bonds. The fraction of sp³-hybridized carbons (Fsp3) is 0.286. The molecule has 0 saturated carbocycles. The van der Waals surface area contributed by atoms with Crippen LogP contribution in [0.25, 0.3) is 0 Å². The molecule has 1 heterocycles. The zero-order valence-corrected chi connectivity index (χ0v) is 15.9. The van der Waals surface area contributed by atoms with Crippen molar-refractivity contribution in [2.24, 2.45) is 0 Å².